The smallest absolute Gasteiger partial charge is 0.262 e. The average Bonchev–Trinajstić information content (AvgIpc) is 3.12. The number of rotatable bonds is 4. The van der Waals surface area contributed by atoms with Gasteiger partial charge in [-0.25, -0.2) is 13.4 Å². The Kier molecular flexibility index (Phi) is 4.99. The molecular formula is C20H21N3O2S2. The summed E-state index contributed by atoms with van der Waals surface area (Å²) in [5, 5.41) is 0.944. The summed E-state index contributed by atoms with van der Waals surface area (Å²) < 4.78 is 28.1. The van der Waals surface area contributed by atoms with E-state index in [0.717, 1.165) is 21.1 Å². The molecule has 0 N–H and O–H groups in total. The Balaban J connectivity index is 1.59. The fourth-order valence-electron chi connectivity index (χ4n) is 3.30. The maximum atomic E-state index is 13.3. The number of benzene rings is 2. The van der Waals surface area contributed by atoms with Crippen LogP contribution in [0.1, 0.15) is 5.01 Å². The topological polar surface area (TPSA) is 53.5 Å². The van der Waals surface area contributed by atoms with Gasteiger partial charge in [-0.1, -0.05) is 48.5 Å². The van der Waals surface area contributed by atoms with E-state index in [4.69, 9.17) is 0 Å². The van der Waals surface area contributed by atoms with Crippen LogP contribution in [-0.4, -0.2) is 43.9 Å². The molecule has 1 aliphatic rings. The lowest BCUT2D eigenvalue weighted by atomic mass is 10.2. The summed E-state index contributed by atoms with van der Waals surface area (Å²) in [5.74, 6) is 0. The van der Waals surface area contributed by atoms with Gasteiger partial charge in [0.1, 0.15) is 0 Å². The molecule has 5 nitrogen and oxygen atoms in total. The normalized spacial score (nSPS) is 15.8. The van der Waals surface area contributed by atoms with Gasteiger partial charge in [0, 0.05) is 31.9 Å². The number of para-hydroxylation sites is 1. The molecule has 1 saturated heterocycles. The number of hydrogen-bond acceptors (Lipinski definition) is 5. The molecule has 0 unspecified atom stereocenters. The summed E-state index contributed by atoms with van der Waals surface area (Å²) in [6.07, 6.45) is 0. The van der Waals surface area contributed by atoms with Crippen molar-refractivity contribution in [2.24, 2.45) is 0 Å². The van der Waals surface area contributed by atoms with E-state index in [-0.39, 0.29) is 5.03 Å². The molecule has 0 spiro atoms. The summed E-state index contributed by atoms with van der Waals surface area (Å²) in [5.41, 5.74) is 2.02. The molecule has 0 amide bonds. The molecule has 0 radical (unpaired) electrons. The van der Waals surface area contributed by atoms with Gasteiger partial charge in [0.25, 0.3) is 10.0 Å². The maximum absolute atomic E-state index is 13.3. The van der Waals surface area contributed by atoms with Crippen LogP contribution in [0.5, 0.6) is 0 Å². The van der Waals surface area contributed by atoms with Crippen molar-refractivity contribution < 1.29 is 8.42 Å². The minimum Gasteiger partial charge on any atom is -0.369 e. The first-order chi connectivity index (χ1) is 13.1. The van der Waals surface area contributed by atoms with Gasteiger partial charge in [0.2, 0.25) is 0 Å². The Morgan fingerprint density at radius 1 is 0.889 bits per heavy atom. The van der Waals surface area contributed by atoms with E-state index in [0.29, 0.717) is 26.2 Å². The molecule has 0 atom stereocenters. The number of thiazole rings is 1. The summed E-state index contributed by atoms with van der Waals surface area (Å²) in [6, 6.07) is 19.7. The van der Waals surface area contributed by atoms with Gasteiger partial charge in [-0.15, -0.1) is 11.3 Å². The van der Waals surface area contributed by atoms with Gasteiger partial charge in [0.15, 0.2) is 5.03 Å². The molecule has 140 valence electrons. The zero-order valence-electron chi connectivity index (χ0n) is 15.1. The first kappa shape index (κ1) is 18.2. The van der Waals surface area contributed by atoms with Crippen molar-refractivity contribution in [3.8, 4) is 10.4 Å². The number of anilines is 1. The molecular weight excluding hydrogens is 378 g/mol. The predicted molar refractivity (Wildman–Crippen MR) is 110 cm³/mol. The Morgan fingerprint density at radius 2 is 1.48 bits per heavy atom. The molecule has 27 heavy (non-hydrogen) atoms. The average molecular weight is 400 g/mol. The number of nitrogens with zero attached hydrogens (tertiary/aromatic N) is 3. The van der Waals surface area contributed by atoms with Gasteiger partial charge in [-0.2, -0.15) is 4.31 Å². The number of aromatic nitrogens is 1. The van der Waals surface area contributed by atoms with Crippen molar-refractivity contribution in [1.82, 2.24) is 9.29 Å². The largest absolute Gasteiger partial charge is 0.369 e. The highest BCUT2D eigenvalue weighted by molar-refractivity contribution is 7.89. The van der Waals surface area contributed by atoms with Crippen LogP contribution >= 0.6 is 11.3 Å². The molecule has 2 aromatic carbocycles. The number of aryl methyl sites for hydroxylation is 1. The van der Waals surface area contributed by atoms with Crippen LogP contribution < -0.4 is 4.90 Å². The van der Waals surface area contributed by atoms with Crippen molar-refractivity contribution in [2.45, 2.75) is 11.9 Å². The zero-order chi connectivity index (χ0) is 18.9. The number of piperazine rings is 1. The lowest BCUT2D eigenvalue weighted by Crippen LogP contribution is -2.48. The highest BCUT2D eigenvalue weighted by Crippen LogP contribution is 2.34. The molecule has 3 aromatic rings. The Bertz CT molecular complexity index is 1010. The molecule has 1 fully saturated rings. The van der Waals surface area contributed by atoms with Crippen molar-refractivity contribution in [1.29, 1.82) is 0 Å². The van der Waals surface area contributed by atoms with Crippen LogP contribution in [0.3, 0.4) is 0 Å². The third-order valence-electron chi connectivity index (χ3n) is 4.68. The first-order valence-corrected chi connectivity index (χ1v) is 11.1. The van der Waals surface area contributed by atoms with Crippen LogP contribution in [0.4, 0.5) is 5.69 Å². The van der Waals surface area contributed by atoms with E-state index < -0.39 is 10.0 Å². The molecule has 1 aromatic heterocycles. The van der Waals surface area contributed by atoms with E-state index in [1.807, 2.05) is 55.5 Å². The molecule has 4 rings (SSSR count). The lowest BCUT2D eigenvalue weighted by Gasteiger charge is -2.35. The molecule has 1 aliphatic heterocycles. The Morgan fingerprint density at radius 3 is 2.11 bits per heavy atom. The monoisotopic (exact) mass is 399 g/mol. The summed E-state index contributed by atoms with van der Waals surface area (Å²) in [4.78, 5) is 7.33. The summed E-state index contributed by atoms with van der Waals surface area (Å²) in [6.45, 7) is 4.12. The second-order valence-corrected chi connectivity index (χ2v) is 9.52. The van der Waals surface area contributed by atoms with Crippen LogP contribution in [0.2, 0.25) is 0 Å². The minimum atomic E-state index is -3.62. The molecule has 7 heteroatoms. The van der Waals surface area contributed by atoms with Gasteiger partial charge >= 0.3 is 0 Å². The third-order valence-corrected chi connectivity index (χ3v) is 7.66. The lowest BCUT2D eigenvalue weighted by molar-refractivity contribution is 0.384. The fraction of sp³-hybridized carbons (Fsp3) is 0.250. The van der Waals surface area contributed by atoms with Gasteiger partial charge in [-0.3, -0.25) is 0 Å². The molecule has 0 bridgehead atoms. The number of hydrogen-bond donors (Lipinski definition) is 0. The van der Waals surface area contributed by atoms with Gasteiger partial charge in [-0.05, 0) is 24.6 Å². The zero-order valence-corrected chi connectivity index (χ0v) is 16.7. The van der Waals surface area contributed by atoms with Crippen LogP contribution in [0.25, 0.3) is 10.4 Å². The van der Waals surface area contributed by atoms with Crippen molar-refractivity contribution >= 4 is 27.0 Å². The van der Waals surface area contributed by atoms with Crippen molar-refractivity contribution in [3.05, 3.63) is 65.7 Å². The Labute approximate surface area is 164 Å². The Hall–Kier alpha value is -2.22. The van der Waals surface area contributed by atoms with Crippen molar-refractivity contribution in [3.63, 3.8) is 0 Å². The molecule has 0 saturated carbocycles. The van der Waals surface area contributed by atoms with Crippen LogP contribution in [-0.2, 0) is 10.0 Å². The third kappa shape index (κ3) is 3.63. The van der Waals surface area contributed by atoms with Crippen LogP contribution in [0.15, 0.2) is 65.7 Å². The predicted octanol–water partition coefficient (Wildman–Crippen LogP) is 3.63. The molecule has 2 heterocycles. The van der Waals surface area contributed by atoms with Gasteiger partial charge < -0.3 is 4.90 Å². The minimum absolute atomic E-state index is 0.185. The van der Waals surface area contributed by atoms with Crippen LogP contribution in [0, 0.1) is 6.92 Å². The second kappa shape index (κ2) is 7.42. The highest BCUT2D eigenvalue weighted by Gasteiger charge is 2.33. The van der Waals surface area contributed by atoms with Crippen molar-refractivity contribution in [2.75, 3.05) is 31.1 Å². The SMILES string of the molecule is Cc1nc(S(=O)(=O)N2CCN(c3ccccc3)CC2)c(-c2ccccc2)s1. The van der Waals surface area contributed by atoms with E-state index in [1.165, 1.54) is 11.3 Å². The standard InChI is InChI=1S/C20H21N3O2S2/c1-16-21-20(19(26-16)17-8-4-2-5-9-17)27(24,25)23-14-12-22(13-15-23)18-10-6-3-7-11-18/h2-11H,12-15H2,1H3. The van der Waals surface area contributed by atoms with E-state index in [1.54, 1.807) is 4.31 Å². The second-order valence-electron chi connectivity index (χ2n) is 6.46. The summed E-state index contributed by atoms with van der Waals surface area (Å²) in [7, 11) is -3.62. The fourth-order valence-corrected chi connectivity index (χ4v) is 6.11. The highest BCUT2D eigenvalue weighted by atomic mass is 32.2. The number of sulfonamides is 1. The van der Waals surface area contributed by atoms with Gasteiger partial charge in [0.05, 0.1) is 9.88 Å². The first-order valence-electron chi connectivity index (χ1n) is 8.89. The summed E-state index contributed by atoms with van der Waals surface area (Å²) >= 11 is 1.43. The van der Waals surface area contributed by atoms with E-state index >= 15 is 0 Å². The quantitative estimate of drug-likeness (QED) is 0.672. The molecule has 0 aliphatic carbocycles. The van der Waals surface area contributed by atoms with E-state index in [2.05, 4.69) is 22.0 Å². The maximum Gasteiger partial charge on any atom is 0.262 e. The van der Waals surface area contributed by atoms with E-state index in [9.17, 15) is 8.42 Å².